The molecule has 0 radical (unpaired) electrons. The summed E-state index contributed by atoms with van der Waals surface area (Å²) < 4.78 is 19.2. The summed E-state index contributed by atoms with van der Waals surface area (Å²) in [6, 6.07) is 14.2. The van der Waals surface area contributed by atoms with Crippen LogP contribution in [0.2, 0.25) is 0 Å². The highest BCUT2D eigenvalue weighted by atomic mass is 32.2. The summed E-state index contributed by atoms with van der Waals surface area (Å²) in [6.07, 6.45) is 3.36. The van der Waals surface area contributed by atoms with Crippen LogP contribution in [0.5, 0.6) is 5.75 Å². The Morgan fingerprint density at radius 2 is 2.08 bits per heavy atom. The molecule has 2 N–H and O–H groups in total. The lowest BCUT2D eigenvalue weighted by Gasteiger charge is -2.38. The van der Waals surface area contributed by atoms with Gasteiger partial charge < -0.3 is 19.8 Å². The molecule has 1 saturated heterocycles. The Morgan fingerprint density at radius 1 is 1.25 bits per heavy atom. The van der Waals surface area contributed by atoms with Gasteiger partial charge in [0, 0.05) is 41.7 Å². The third-order valence-electron chi connectivity index (χ3n) is 7.07. The van der Waals surface area contributed by atoms with Crippen LogP contribution in [0.15, 0.2) is 59.6 Å². The van der Waals surface area contributed by atoms with Crippen molar-refractivity contribution >= 4 is 28.6 Å². The molecule has 0 unspecified atom stereocenters. The van der Waals surface area contributed by atoms with E-state index in [0.29, 0.717) is 23.6 Å². The SMILES string of the molecule is COc1ccc2nccc([C@@H](O)CC[C@@H]3CCN(CCSc4ccccc4F)C[C@@H]3CC(=O)O)c2c1. The van der Waals surface area contributed by atoms with Gasteiger partial charge in [0.15, 0.2) is 0 Å². The zero-order valence-corrected chi connectivity index (χ0v) is 21.3. The van der Waals surface area contributed by atoms with Gasteiger partial charge in [-0.1, -0.05) is 12.1 Å². The molecule has 6 nitrogen and oxygen atoms in total. The van der Waals surface area contributed by atoms with Gasteiger partial charge in [0.2, 0.25) is 0 Å². The number of rotatable bonds is 11. The van der Waals surface area contributed by atoms with Crippen molar-refractivity contribution in [2.45, 2.75) is 36.7 Å². The van der Waals surface area contributed by atoms with Crippen LogP contribution in [0, 0.1) is 17.7 Å². The molecule has 1 fully saturated rings. The van der Waals surface area contributed by atoms with Crippen LogP contribution in [-0.2, 0) is 4.79 Å². The van der Waals surface area contributed by atoms with Crippen molar-refractivity contribution in [3.8, 4) is 5.75 Å². The molecule has 1 aliphatic heterocycles. The number of piperidine rings is 1. The smallest absolute Gasteiger partial charge is 0.303 e. The number of aliphatic carboxylic acids is 1. The van der Waals surface area contributed by atoms with Gasteiger partial charge >= 0.3 is 5.97 Å². The summed E-state index contributed by atoms with van der Waals surface area (Å²) in [5.74, 6) is 0.725. The minimum atomic E-state index is -0.791. The van der Waals surface area contributed by atoms with Gasteiger partial charge in [-0.2, -0.15) is 0 Å². The number of benzene rings is 2. The summed E-state index contributed by atoms with van der Waals surface area (Å²) in [6.45, 7) is 2.37. The van der Waals surface area contributed by atoms with Crippen molar-refractivity contribution in [2.75, 3.05) is 32.5 Å². The van der Waals surface area contributed by atoms with Crippen LogP contribution in [0.3, 0.4) is 0 Å². The normalized spacial score (nSPS) is 19.3. The Labute approximate surface area is 215 Å². The molecule has 1 aliphatic rings. The number of methoxy groups -OCH3 is 1. The number of hydrogen-bond donors (Lipinski definition) is 2. The predicted octanol–water partition coefficient (Wildman–Crippen LogP) is 5.40. The summed E-state index contributed by atoms with van der Waals surface area (Å²) in [5, 5.41) is 21.4. The third-order valence-corrected chi connectivity index (χ3v) is 8.10. The first-order valence-corrected chi connectivity index (χ1v) is 13.4. The molecular formula is C28H33FN2O4S. The van der Waals surface area contributed by atoms with Gasteiger partial charge in [-0.15, -0.1) is 11.8 Å². The summed E-state index contributed by atoms with van der Waals surface area (Å²) in [4.78, 5) is 18.9. The maximum Gasteiger partial charge on any atom is 0.303 e. The van der Waals surface area contributed by atoms with Gasteiger partial charge in [0.05, 0.1) is 18.7 Å². The summed E-state index contributed by atoms with van der Waals surface area (Å²) in [7, 11) is 1.61. The van der Waals surface area contributed by atoms with E-state index in [1.54, 1.807) is 25.4 Å². The number of nitrogens with zero attached hydrogens (tertiary/aromatic N) is 2. The molecule has 0 spiro atoms. The van der Waals surface area contributed by atoms with Crippen LogP contribution >= 0.6 is 11.8 Å². The lowest BCUT2D eigenvalue weighted by molar-refractivity contribution is -0.139. The Balaban J connectivity index is 1.35. The van der Waals surface area contributed by atoms with E-state index >= 15 is 0 Å². The summed E-state index contributed by atoms with van der Waals surface area (Å²) >= 11 is 1.49. The van der Waals surface area contributed by atoms with Gasteiger partial charge in [0.1, 0.15) is 11.6 Å². The fraction of sp³-hybridized carbons (Fsp3) is 0.429. The highest BCUT2D eigenvalue weighted by molar-refractivity contribution is 7.99. The highest BCUT2D eigenvalue weighted by Crippen LogP contribution is 2.35. The molecule has 0 amide bonds. The lowest BCUT2D eigenvalue weighted by atomic mass is 9.79. The molecule has 8 heteroatoms. The molecule has 1 aromatic heterocycles. The standard InChI is InChI=1S/C28H33FN2O4S/c1-35-21-7-8-25-23(17-21)22(10-12-30-25)26(32)9-6-19-11-13-31(18-20(19)16-28(33)34)14-15-36-27-5-3-2-4-24(27)29/h2-5,7-8,10,12,17,19-20,26,32H,6,9,11,13-16,18H2,1H3,(H,33,34)/t19-,20+,26+/m1/s1. The van der Waals surface area contributed by atoms with E-state index in [1.165, 1.54) is 17.8 Å². The first-order chi connectivity index (χ1) is 17.4. The van der Waals surface area contributed by atoms with E-state index in [-0.39, 0.29) is 24.1 Å². The van der Waals surface area contributed by atoms with Crippen LogP contribution in [0.25, 0.3) is 10.9 Å². The molecule has 0 saturated carbocycles. The number of hydrogen-bond acceptors (Lipinski definition) is 6. The van der Waals surface area contributed by atoms with E-state index in [0.717, 1.165) is 48.2 Å². The average Bonchev–Trinajstić information content (AvgIpc) is 2.88. The van der Waals surface area contributed by atoms with Crippen LogP contribution in [0.4, 0.5) is 4.39 Å². The fourth-order valence-corrected chi connectivity index (χ4v) is 6.08. The van der Waals surface area contributed by atoms with Crippen molar-refractivity contribution in [3.63, 3.8) is 0 Å². The molecule has 4 rings (SSSR count). The number of thioether (sulfide) groups is 1. The maximum absolute atomic E-state index is 13.9. The predicted molar refractivity (Wildman–Crippen MR) is 140 cm³/mol. The average molecular weight is 513 g/mol. The highest BCUT2D eigenvalue weighted by Gasteiger charge is 2.31. The lowest BCUT2D eigenvalue weighted by Crippen LogP contribution is -2.42. The van der Waals surface area contributed by atoms with Crippen molar-refractivity contribution in [1.29, 1.82) is 0 Å². The molecular weight excluding hydrogens is 479 g/mol. The molecule has 3 aromatic rings. The molecule has 192 valence electrons. The number of likely N-dealkylation sites (tertiary alicyclic amines) is 1. The minimum absolute atomic E-state index is 0.0242. The second kappa shape index (κ2) is 12.5. The van der Waals surface area contributed by atoms with Crippen molar-refractivity contribution in [3.05, 3.63) is 66.1 Å². The molecule has 3 atom stereocenters. The van der Waals surface area contributed by atoms with E-state index in [9.17, 15) is 19.4 Å². The second-order valence-electron chi connectivity index (χ2n) is 9.36. The maximum atomic E-state index is 13.9. The zero-order valence-electron chi connectivity index (χ0n) is 20.5. The Morgan fingerprint density at radius 3 is 2.86 bits per heavy atom. The fourth-order valence-electron chi connectivity index (χ4n) is 5.13. The van der Waals surface area contributed by atoms with Crippen molar-refractivity contribution in [1.82, 2.24) is 9.88 Å². The number of aliphatic hydroxyl groups excluding tert-OH is 1. The van der Waals surface area contributed by atoms with Crippen molar-refractivity contribution < 1.29 is 24.1 Å². The van der Waals surface area contributed by atoms with E-state index in [2.05, 4.69) is 9.88 Å². The number of fused-ring (bicyclic) bond motifs is 1. The quantitative estimate of drug-likeness (QED) is 0.333. The van der Waals surface area contributed by atoms with Gasteiger partial charge in [-0.3, -0.25) is 9.78 Å². The monoisotopic (exact) mass is 512 g/mol. The first-order valence-electron chi connectivity index (χ1n) is 12.4. The van der Waals surface area contributed by atoms with Crippen LogP contribution in [0.1, 0.15) is 37.4 Å². The van der Waals surface area contributed by atoms with E-state index in [1.807, 2.05) is 30.3 Å². The number of carboxylic acid groups (broad SMARTS) is 1. The van der Waals surface area contributed by atoms with Gasteiger partial charge in [0.25, 0.3) is 0 Å². The molecule has 0 bridgehead atoms. The number of ether oxygens (including phenoxy) is 1. The number of carboxylic acids is 1. The Kier molecular flexibility index (Phi) is 9.18. The molecule has 36 heavy (non-hydrogen) atoms. The van der Waals surface area contributed by atoms with Crippen molar-refractivity contribution in [2.24, 2.45) is 11.8 Å². The zero-order chi connectivity index (χ0) is 25.5. The third kappa shape index (κ3) is 6.75. The Hall–Kier alpha value is -2.68. The molecule has 2 heterocycles. The topological polar surface area (TPSA) is 82.9 Å². The molecule has 2 aromatic carbocycles. The number of aromatic nitrogens is 1. The van der Waals surface area contributed by atoms with Gasteiger partial charge in [-0.25, -0.2) is 4.39 Å². The largest absolute Gasteiger partial charge is 0.497 e. The van der Waals surface area contributed by atoms with Crippen LogP contribution < -0.4 is 4.74 Å². The van der Waals surface area contributed by atoms with E-state index in [4.69, 9.17) is 4.74 Å². The van der Waals surface area contributed by atoms with Gasteiger partial charge in [-0.05, 0) is 79.6 Å². The number of halogens is 1. The first kappa shape index (κ1) is 26.4. The van der Waals surface area contributed by atoms with Crippen LogP contribution in [-0.4, -0.2) is 58.6 Å². The summed E-state index contributed by atoms with van der Waals surface area (Å²) in [5.41, 5.74) is 1.62. The van der Waals surface area contributed by atoms with E-state index < -0.39 is 12.1 Å². The Bertz CT molecular complexity index is 1180. The number of aliphatic hydroxyl groups is 1. The molecule has 0 aliphatic carbocycles. The number of carbonyl (C=O) groups is 1. The minimum Gasteiger partial charge on any atom is -0.497 e. The number of pyridine rings is 1. The second-order valence-corrected chi connectivity index (χ2v) is 10.5.